The molecule has 0 N–H and O–H groups in total. The van der Waals surface area contributed by atoms with Crippen molar-refractivity contribution in [1.29, 1.82) is 0 Å². The molecule has 142 valence electrons. The van der Waals surface area contributed by atoms with Gasteiger partial charge in [0.2, 0.25) is 0 Å². The second-order valence-corrected chi connectivity index (χ2v) is 8.14. The highest BCUT2D eigenvalue weighted by atomic mass is 32.2. The maximum Gasteiger partial charge on any atom is 0.573 e. The number of sulfone groups is 1. The Morgan fingerprint density at radius 1 is 1.04 bits per heavy atom. The van der Waals surface area contributed by atoms with Crippen LogP contribution in [0.4, 0.5) is 13.2 Å². The molecule has 0 spiro atoms. The van der Waals surface area contributed by atoms with E-state index in [1.165, 1.54) is 12.1 Å². The van der Waals surface area contributed by atoms with Gasteiger partial charge < -0.3 is 4.74 Å². The first-order valence-electron chi connectivity index (χ1n) is 7.80. The van der Waals surface area contributed by atoms with Crippen molar-refractivity contribution in [2.45, 2.75) is 30.8 Å². The molecule has 0 aliphatic carbocycles. The fraction of sp³-hybridized carbons (Fsp3) is 0.333. The first kappa shape index (κ1) is 20.3. The van der Waals surface area contributed by atoms with Gasteiger partial charge in [0, 0.05) is 18.8 Å². The third-order valence-electron chi connectivity index (χ3n) is 4.04. The molecule has 0 unspecified atom stereocenters. The average Bonchev–Trinajstić information content (AvgIpc) is 2.54. The second-order valence-electron chi connectivity index (χ2n) is 6.12. The van der Waals surface area contributed by atoms with Crippen LogP contribution in [0.3, 0.4) is 0 Å². The van der Waals surface area contributed by atoms with Crippen molar-refractivity contribution in [3.05, 3.63) is 59.7 Å². The lowest BCUT2D eigenvalue weighted by molar-refractivity contribution is -0.274. The summed E-state index contributed by atoms with van der Waals surface area (Å²) in [4.78, 5) is 2.27. The van der Waals surface area contributed by atoms with E-state index in [1.54, 1.807) is 36.4 Å². The zero-order chi connectivity index (χ0) is 19.5. The first-order valence-corrected chi connectivity index (χ1v) is 9.70. The first-order chi connectivity index (χ1) is 12.0. The average molecular weight is 387 g/mol. The number of nitrogens with zero attached hydrogens (tertiary/aromatic N) is 1. The minimum atomic E-state index is -4.70. The van der Waals surface area contributed by atoms with Gasteiger partial charge in [0.25, 0.3) is 0 Å². The Labute approximate surface area is 151 Å². The van der Waals surface area contributed by atoms with Crippen molar-refractivity contribution in [2.24, 2.45) is 0 Å². The summed E-state index contributed by atoms with van der Waals surface area (Å²) in [5.74, 6) is -0.256. The summed E-state index contributed by atoms with van der Waals surface area (Å²) in [6.07, 6.45) is -3.55. The topological polar surface area (TPSA) is 46.6 Å². The van der Waals surface area contributed by atoms with Crippen LogP contribution in [-0.4, -0.2) is 33.0 Å². The molecule has 0 heterocycles. The van der Waals surface area contributed by atoms with Gasteiger partial charge in [-0.15, -0.1) is 13.2 Å². The number of ether oxygens (including phenoxy) is 1. The molecule has 2 aromatic carbocycles. The molecule has 0 bridgehead atoms. The molecule has 0 fully saturated rings. The van der Waals surface area contributed by atoms with Gasteiger partial charge in [-0.25, -0.2) is 8.42 Å². The molecule has 0 amide bonds. The minimum Gasteiger partial charge on any atom is -0.406 e. The molecule has 4 nitrogen and oxygen atoms in total. The third kappa shape index (κ3) is 5.74. The van der Waals surface area contributed by atoms with Gasteiger partial charge in [0.15, 0.2) is 9.84 Å². The molecule has 0 radical (unpaired) electrons. The lowest BCUT2D eigenvalue weighted by Gasteiger charge is -2.25. The zero-order valence-electron chi connectivity index (χ0n) is 14.6. The maximum atomic E-state index is 12.2. The van der Waals surface area contributed by atoms with Crippen LogP contribution in [-0.2, 0) is 16.4 Å². The molecule has 26 heavy (non-hydrogen) atoms. The van der Waals surface area contributed by atoms with E-state index in [0.29, 0.717) is 6.54 Å². The number of benzene rings is 2. The summed E-state index contributed by atoms with van der Waals surface area (Å²) in [6, 6.07) is 12.4. The summed E-state index contributed by atoms with van der Waals surface area (Å²) in [5, 5.41) is 0. The molecule has 0 saturated heterocycles. The van der Waals surface area contributed by atoms with Gasteiger partial charge >= 0.3 is 6.36 Å². The number of rotatable bonds is 6. The minimum absolute atomic E-state index is 0.00490. The van der Waals surface area contributed by atoms with Gasteiger partial charge in [-0.05, 0) is 49.4 Å². The van der Waals surface area contributed by atoms with Gasteiger partial charge in [0.1, 0.15) is 5.75 Å². The molecule has 8 heteroatoms. The molecule has 0 aliphatic rings. The van der Waals surface area contributed by atoms with E-state index in [-0.39, 0.29) is 16.7 Å². The van der Waals surface area contributed by atoms with Crippen LogP contribution in [0.5, 0.6) is 5.75 Å². The molecule has 0 aromatic heterocycles. The normalized spacial score (nSPS) is 13.7. The quantitative estimate of drug-likeness (QED) is 0.746. The Morgan fingerprint density at radius 2 is 1.58 bits per heavy atom. The van der Waals surface area contributed by atoms with Crippen molar-refractivity contribution in [1.82, 2.24) is 4.90 Å². The smallest absolute Gasteiger partial charge is 0.406 e. The number of hydrogen-bond donors (Lipinski definition) is 0. The third-order valence-corrected chi connectivity index (χ3v) is 5.17. The highest BCUT2D eigenvalue weighted by Gasteiger charge is 2.30. The zero-order valence-corrected chi connectivity index (χ0v) is 15.4. The van der Waals surface area contributed by atoms with Gasteiger partial charge in [-0.2, -0.15) is 0 Å². The molecule has 0 aliphatic heterocycles. The van der Waals surface area contributed by atoms with Crippen LogP contribution < -0.4 is 4.74 Å². The van der Waals surface area contributed by atoms with Crippen molar-refractivity contribution in [3.8, 4) is 5.75 Å². The number of hydrogen-bond acceptors (Lipinski definition) is 4. The Bertz CT molecular complexity index is 831. The van der Waals surface area contributed by atoms with Crippen LogP contribution in [0, 0.1) is 0 Å². The Hall–Kier alpha value is -2.06. The van der Waals surface area contributed by atoms with Crippen molar-refractivity contribution < 1.29 is 26.3 Å². The lowest BCUT2D eigenvalue weighted by atomic mass is 10.1. The SMILES string of the molecule is C[C@H](c1ccc(S(C)(=O)=O)cc1)N(C)Cc1ccc(OC(F)(F)F)cc1. The van der Waals surface area contributed by atoms with Crippen molar-refractivity contribution >= 4 is 9.84 Å². The second kappa shape index (κ2) is 7.67. The van der Waals surface area contributed by atoms with E-state index in [1.807, 2.05) is 18.9 Å². The summed E-state index contributed by atoms with van der Waals surface area (Å²) < 4.78 is 63.4. The summed E-state index contributed by atoms with van der Waals surface area (Å²) >= 11 is 0. The molecule has 0 saturated carbocycles. The lowest BCUT2D eigenvalue weighted by Crippen LogP contribution is -2.22. The highest BCUT2D eigenvalue weighted by Crippen LogP contribution is 2.25. The monoisotopic (exact) mass is 387 g/mol. The van der Waals surface area contributed by atoms with Crippen molar-refractivity contribution in [2.75, 3.05) is 13.3 Å². The van der Waals surface area contributed by atoms with E-state index >= 15 is 0 Å². The fourth-order valence-corrected chi connectivity index (χ4v) is 3.10. The largest absolute Gasteiger partial charge is 0.573 e. The van der Waals surface area contributed by atoms with E-state index in [0.717, 1.165) is 17.4 Å². The van der Waals surface area contributed by atoms with E-state index in [4.69, 9.17) is 0 Å². The fourth-order valence-electron chi connectivity index (χ4n) is 2.47. The standard InChI is InChI=1S/C18H20F3NO3S/c1-13(15-6-10-17(11-7-15)26(3,23)24)22(2)12-14-4-8-16(9-5-14)25-18(19,20)21/h4-11,13H,12H2,1-3H3/t13-/m1/s1. The summed E-state index contributed by atoms with van der Waals surface area (Å²) in [7, 11) is -1.35. The van der Waals surface area contributed by atoms with Gasteiger partial charge in [0.05, 0.1) is 4.90 Å². The summed E-state index contributed by atoms with van der Waals surface area (Å²) in [5.41, 5.74) is 1.78. The van der Waals surface area contributed by atoms with Crippen LogP contribution in [0.25, 0.3) is 0 Å². The van der Waals surface area contributed by atoms with Crippen molar-refractivity contribution in [3.63, 3.8) is 0 Å². The van der Waals surface area contributed by atoms with Gasteiger partial charge in [-0.1, -0.05) is 24.3 Å². The molecular weight excluding hydrogens is 367 g/mol. The van der Waals surface area contributed by atoms with Gasteiger partial charge in [-0.3, -0.25) is 4.90 Å². The van der Waals surface area contributed by atoms with E-state index in [9.17, 15) is 21.6 Å². The predicted molar refractivity (Wildman–Crippen MR) is 92.6 cm³/mol. The Balaban J connectivity index is 2.03. The van der Waals surface area contributed by atoms with Crippen LogP contribution in [0.2, 0.25) is 0 Å². The van der Waals surface area contributed by atoms with Crippen LogP contribution in [0.1, 0.15) is 24.1 Å². The molecule has 2 rings (SSSR count). The Kier molecular flexibility index (Phi) is 5.98. The maximum absolute atomic E-state index is 12.2. The van der Waals surface area contributed by atoms with Crippen LogP contribution >= 0.6 is 0 Å². The van der Waals surface area contributed by atoms with E-state index < -0.39 is 16.2 Å². The number of alkyl halides is 3. The highest BCUT2D eigenvalue weighted by molar-refractivity contribution is 7.90. The molecule has 2 aromatic rings. The number of halogens is 3. The van der Waals surface area contributed by atoms with E-state index in [2.05, 4.69) is 4.74 Å². The summed E-state index contributed by atoms with van der Waals surface area (Å²) in [6.45, 7) is 2.48. The predicted octanol–water partition coefficient (Wildman–Crippen LogP) is 4.18. The molecular formula is C18H20F3NO3S. The van der Waals surface area contributed by atoms with Crippen LogP contribution in [0.15, 0.2) is 53.4 Å². The molecule has 1 atom stereocenters. The Morgan fingerprint density at radius 3 is 2.04 bits per heavy atom.